The number of nitrogens with zero attached hydrogens (tertiary/aromatic N) is 1. The predicted molar refractivity (Wildman–Crippen MR) is 101 cm³/mol. The minimum atomic E-state index is -0.126. The summed E-state index contributed by atoms with van der Waals surface area (Å²) in [6.45, 7) is 6.79. The van der Waals surface area contributed by atoms with E-state index in [1.54, 1.807) is 24.3 Å². The van der Waals surface area contributed by atoms with E-state index in [1.165, 1.54) is 6.92 Å². The first-order valence-electron chi connectivity index (χ1n) is 8.37. The summed E-state index contributed by atoms with van der Waals surface area (Å²) >= 11 is 0. The Morgan fingerprint density at radius 1 is 1.12 bits per heavy atom. The lowest BCUT2D eigenvalue weighted by atomic mass is 9.98. The largest absolute Gasteiger partial charge is 0.377 e. The van der Waals surface area contributed by atoms with E-state index in [0.29, 0.717) is 17.8 Å². The topological polar surface area (TPSA) is 61.4 Å². The fraction of sp³-hybridized carbons (Fsp3) is 0.300. The molecule has 5 heteroatoms. The number of hydrogen-bond acceptors (Lipinski definition) is 4. The van der Waals surface area contributed by atoms with Gasteiger partial charge in [-0.05, 0) is 50.2 Å². The zero-order valence-corrected chi connectivity index (χ0v) is 14.8. The number of rotatable bonds is 4. The zero-order chi connectivity index (χ0) is 18.0. The number of amides is 1. The van der Waals surface area contributed by atoms with Crippen LogP contribution in [0.1, 0.15) is 31.1 Å². The highest BCUT2D eigenvalue weighted by Gasteiger charge is 2.30. The summed E-state index contributed by atoms with van der Waals surface area (Å²) in [5.74, 6) is -0.0689. The first-order valence-corrected chi connectivity index (χ1v) is 8.37. The number of ketones is 1. The van der Waals surface area contributed by atoms with Crippen LogP contribution in [-0.4, -0.2) is 30.3 Å². The highest BCUT2D eigenvalue weighted by atomic mass is 16.1. The van der Waals surface area contributed by atoms with Crippen LogP contribution in [0, 0.1) is 0 Å². The third-order valence-electron chi connectivity index (χ3n) is 4.17. The molecule has 1 aliphatic heterocycles. The molecule has 5 nitrogen and oxygen atoms in total. The van der Waals surface area contributed by atoms with Crippen molar-refractivity contribution >= 4 is 28.8 Å². The Balaban J connectivity index is 1.77. The van der Waals surface area contributed by atoms with Crippen molar-refractivity contribution in [1.82, 2.24) is 0 Å². The van der Waals surface area contributed by atoms with Crippen molar-refractivity contribution in [2.75, 3.05) is 28.6 Å². The lowest BCUT2D eigenvalue weighted by Gasteiger charge is -2.41. The molecule has 0 radical (unpaired) electrons. The van der Waals surface area contributed by atoms with Gasteiger partial charge in [0.1, 0.15) is 0 Å². The second kappa shape index (κ2) is 6.59. The van der Waals surface area contributed by atoms with Gasteiger partial charge in [-0.15, -0.1) is 0 Å². The molecule has 0 saturated heterocycles. The molecule has 2 N–H and O–H groups in total. The molecule has 2 aromatic carbocycles. The monoisotopic (exact) mass is 337 g/mol. The van der Waals surface area contributed by atoms with Crippen molar-refractivity contribution in [2.24, 2.45) is 0 Å². The summed E-state index contributed by atoms with van der Waals surface area (Å²) in [4.78, 5) is 25.9. The quantitative estimate of drug-likeness (QED) is 0.838. The molecular weight excluding hydrogens is 314 g/mol. The molecule has 0 aliphatic carbocycles. The minimum absolute atomic E-state index is 0.0573. The highest BCUT2D eigenvalue weighted by molar-refractivity contribution is 6.00. The molecule has 0 saturated carbocycles. The number of Topliss-reactive ketones (excluding diaryl/α,β-unsaturated/α-hetero) is 1. The normalized spacial score (nSPS) is 15.1. The lowest BCUT2D eigenvalue weighted by molar-refractivity contribution is -0.114. The van der Waals surface area contributed by atoms with Gasteiger partial charge in [0.05, 0.1) is 17.9 Å². The summed E-state index contributed by atoms with van der Waals surface area (Å²) in [7, 11) is 0. The first kappa shape index (κ1) is 17.0. The smallest absolute Gasteiger partial charge is 0.221 e. The Hall–Kier alpha value is -2.82. The van der Waals surface area contributed by atoms with Crippen molar-refractivity contribution in [2.45, 2.75) is 26.3 Å². The van der Waals surface area contributed by atoms with Crippen molar-refractivity contribution in [1.29, 1.82) is 0 Å². The van der Waals surface area contributed by atoms with Crippen LogP contribution < -0.4 is 15.5 Å². The van der Waals surface area contributed by atoms with Gasteiger partial charge in [0, 0.05) is 30.3 Å². The van der Waals surface area contributed by atoms with Crippen molar-refractivity contribution in [3.8, 4) is 0 Å². The molecule has 3 rings (SSSR count). The third kappa shape index (κ3) is 3.99. The Morgan fingerprint density at radius 3 is 2.48 bits per heavy atom. The molecule has 130 valence electrons. The van der Waals surface area contributed by atoms with Gasteiger partial charge in [-0.2, -0.15) is 0 Å². The van der Waals surface area contributed by atoms with Crippen LogP contribution in [-0.2, 0) is 4.79 Å². The van der Waals surface area contributed by atoms with Gasteiger partial charge >= 0.3 is 0 Å². The van der Waals surface area contributed by atoms with Crippen LogP contribution >= 0.6 is 0 Å². The Bertz CT molecular complexity index is 797. The highest BCUT2D eigenvalue weighted by Crippen LogP contribution is 2.34. The molecular formula is C20H23N3O2. The van der Waals surface area contributed by atoms with Crippen LogP contribution in [0.5, 0.6) is 0 Å². The fourth-order valence-corrected chi connectivity index (χ4v) is 3.17. The maximum Gasteiger partial charge on any atom is 0.221 e. The van der Waals surface area contributed by atoms with Gasteiger partial charge in [-0.25, -0.2) is 0 Å². The van der Waals surface area contributed by atoms with Crippen LogP contribution in [0.4, 0.5) is 17.1 Å². The molecule has 0 fully saturated rings. The zero-order valence-electron chi connectivity index (χ0n) is 14.8. The summed E-state index contributed by atoms with van der Waals surface area (Å²) in [5, 5.41) is 6.22. The molecule has 0 atom stereocenters. The van der Waals surface area contributed by atoms with E-state index in [9.17, 15) is 9.59 Å². The third-order valence-corrected chi connectivity index (χ3v) is 4.17. The second-order valence-corrected chi connectivity index (χ2v) is 7.06. The van der Waals surface area contributed by atoms with Gasteiger partial charge in [-0.1, -0.05) is 12.1 Å². The molecule has 0 bridgehead atoms. The van der Waals surface area contributed by atoms with E-state index in [2.05, 4.69) is 29.4 Å². The summed E-state index contributed by atoms with van der Waals surface area (Å²) in [5.41, 5.74) is 3.32. The van der Waals surface area contributed by atoms with Crippen LogP contribution in [0.15, 0.2) is 48.5 Å². The minimum Gasteiger partial charge on any atom is -0.377 e. The molecule has 0 unspecified atom stereocenters. The summed E-state index contributed by atoms with van der Waals surface area (Å²) in [6.07, 6.45) is 0. The average molecular weight is 337 g/mol. The fourth-order valence-electron chi connectivity index (χ4n) is 3.17. The Labute approximate surface area is 148 Å². The second-order valence-electron chi connectivity index (χ2n) is 7.06. The molecule has 1 aliphatic rings. The van der Waals surface area contributed by atoms with Gasteiger partial charge < -0.3 is 15.5 Å². The number of hydrogen-bond donors (Lipinski definition) is 2. The predicted octanol–water partition coefficient (Wildman–Crippen LogP) is 3.54. The standard InChI is InChI=1S/C20H23N3O2/c1-14(24)21-16-10-8-15(9-11-16)19(25)12-23-13-20(2,3)22-17-6-4-5-7-18(17)23/h4-11,22H,12-13H2,1-3H3,(H,21,24). The van der Waals surface area contributed by atoms with Gasteiger partial charge in [0.15, 0.2) is 5.78 Å². The first-order chi connectivity index (χ1) is 11.8. The molecule has 1 heterocycles. The van der Waals surface area contributed by atoms with E-state index in [1.807, 2.05) is 24.3 Å². The summed E-state index contributed by atoms with van der Waals surface area (Å²) in [6, 6.07) is 15.1. The van der Waals surface area contributed by atoms with Crippen molar-refractivity contribution in [3.05, 3.63) is 54.1 Å². The van der Waals surface area contributed by atoms with Gasteiger partial charge in [-0.3, -0.25) is 9.59 Å². The van der Waals surface area contributed by atoms with Crippen molar-refractivity contribution in [3.63, 3.8) is 0 Å². The van der Waals surface area contributed by atoms with Crippen molar-refractivity contribution < 1.29 is 9.59 Å². The van der Waals surface area contributed by atoms with E-state index >= 15 is 0 Å². The number of para-hydroxylation sites is 2. The Kier molecular flexibility index (Phi) is 4.49. The average Bonchev–Trinajstić information content (AvgIpc) is 2.54. The maximum atomic E-state index is 12.7. The van der Waals surface area contributed by atoms with E-state index in [0.717, 1.165) is 17.9 Å². The van der Waals surface area contributed by atoms with E-state index < -0.39 is 0 Å². The number of fused-ring (bicyclic) bond motifs is 1. The molecule has 2 aromatic rings. The maximum absolute atomic E-state index is 12.7. The SMILES string of the molecule is CC(=O)Nc1ccc(C(=O)CN2CC(C)(C)Nc3ccccc32)cc1. The number of anilines is 3. The number of carbonyl (C=O) groups is 2. The Morgan fingerprint density at radius 2 is 1.80 bits per heavy atom. The number of carbonyl (C=O) groups excluding carboxylic acids is 2. The van der Waals surface area contributed by atoms with E-state index in [-0.39, 0.29) is 17.2 Å². The lowest BCUT2D eigenvalue weighted by Crippen LogP contribution is -2.50. The van der Waals surface area contributed by atoms with E-state index in [4.69, 9.17) is 0 Å². The van der Waals surface area contributed by atoms with Crippen LogP contribution in [0.3, 0.4) is 0 Å². The number of benzene rings is 2. The van der Waals surface area contributed by atoms with Gasteiger partial charge in [0.25, 0.3) is 0 Å². The summed E-state index contributed by atoms with van der Waals surface area (Å²) < 4.78 is 0. The molecule has 0 aromatic heterocycles. The molecule has 1 amide bonds. The van der Waals surface area contributed by atoms with Gasteiger partial charge in [0.2, 0.25) is 5.91 Å². The molecule has 25 heavy (non-hydrogen) atoms. The number of nitrogens with one attached hydrogen (secondary N) is 2. The van der Waals surface area contributed by atoms with Crippen LogP contribution in [0.2, 0.25) is 0 Å². The molecule has 0 spiro atoms. The van der Waals surface area contributed by atoms with Crippen LogP contribution in [0.25, 0.3) is 0 Å².